The van der Waals surface area contributed by atoms with Crippen LogP contribution in [0.4, 0.5) is 0 Å². The standard InChI is InChI=1S/C32H55IN8/c33-41-31-23-15-7-8-16-24(23)32(41)40-30-22-14-6-4-12-20(22)28(38-30)36-26-18-10-2-1-9-17(18)25(34-26)35-27-19-11-3-5-13-21(19)29(37-27)39-31/h17-32,34-40H,1-16H2. The van der Waals surface area contributed by atoms with Crippen molar-refractivity contribution in [2.24, 2.45) is 47.3 Å². The summed E-state index contributed by atoms with van der Waals surface area (Å²) in [5.74, 6) is 5.97. The smallest absolute Gasteiger partial charge is 0.0749 e. The average Bonchev–Trinajstić information content (AvgIpc) is 3.72. The lowest BCUT2D eigenvalue weighted by molar-refractivity contribution is 0.167. The molecule has 8 bridgehead atoms. The molecule has 0 aromatic carbocycles. The lowest BCUT2D eigenvalue weighted by atomic mass is 9.76. The molecule has 0 spiro atoms. The predicted molar refractivity (Wildman–Crippen MR) is 170 cm³/mol. The van der Waals surface area contributed by atoms with Crippen molar-refractivity contribution in [2.75, 3.05) is 0 Å². The van der Waals surface area contributed by atoms with E-state index in [0.717, 1.165) is 47.3 Å². The Bertz CT molecular complexity index is 883. The molecular weight excluding hydrogens is 623 g/mol. The van der Waals surface area contributed by atoms with Crippen molar-refractivity contribution in [3.05, 3.63) is 0 Å². The van der Waals surface area contributed by atoms with E-state index in [-0.39, 0.29) is 0 Å². The van der Waals surface area contributed by atoms with E-state index in [4.69, 9.17) is 0 Å². The molecule has 0 amide bonds. The Hall–Kier alpha value is 0.410. The largest absolute Gasteiger partial charge is 0.286 e. The summed E-state index contributed by atoms with van der Waals surface area (Å²) in [4.78, 5) is 0. The van der Waals surface area contributed by atoms with Gasteiger partial charge >= 0.3 is 0 Å². The van der Waals surface area contributed by atoms with Crippen molar-refractivity contribution in [3.63, 3.8) is 0 Å². The van der Waals surface area contributed by atoms with Crippen LogP contribution < -0.4 is 37.2 Å². The van der Waals surface area contributed by atoms with Crippen molar-refractivity contribution in [3.8, 4) is 0 Å². The Labute approximate surface area is 261 Å². The molecule has 0 radical (unpaired) electrons. The monoisotopic (exact) mass is 678 g/mol. The zero-order chi connectivity index (χ0) is 27.1. The third kappa shape index (κ3) is 4.72. The first kappa shape index (κ1) is 27.7. The van der Waals surface area contributed by atoms with E-state index in [1.807, 2.05) is 0 Å². The van der Waals surface area contributed by atoms with Gasteiger partial charge in [0, 0.05) is 22.9 Å². The van der Waals surface area contributed by atoms with Crippen LogP contribution in [0.3, 0.4) is 0 Å². The summed E-state index contributed by atoms with van der Waals surface area (Å²) in [6.07, 6.45) is 25.7. The molecule has 8 nitrogen and oxygen atoms in total. The summed E-state index contributed by atoms with van der Waals surface area (Å²) in [5.41, 5.74) is 0. The molecule has 4 aliphatic carbocycles. The Morgan fingerprint density at radius 3 is 0.805 bits per heavy atom. The van der Waals surface area contributed by atoms with Gasteiger partial charge in [-0.25, -0.2) is 3.11 Å². The predicted octanol–water partition coefficient (Wildman–Crippen LogP) is 3.67. The number of hydrogen-bond acceptors (Lipinski definition) is 8. The van der Waals surface area contributed by atoms with Gasteiger partial charge in [-0.3, -0.25) is 37.2 Å². The highest BCUT2D eigenvalue weighted by atomic mass is 127. The van der Waals surface area contributed by atoms with Gasteiger partial charge in [0.25, 0.3) is 0 Å². The molecule has 0 aromatic rings. The number of nitrogens with zero attached hydrogens (tertiary/aromatic N) is 1. The van der Waals surface area contributed by atoms with Crippen LogP contribution in [0.2, 0.25) is 0 Å². The van der Waals surface area contributed by atoms with Crippen molar-refractivity contribution in [2.45, 2.75) is 152 Å². The minimum absolute atomic E-state index is 0.418. The molecule has 9 rings (SSSR count). The highest BCUT2D eigenvalue weighted by molar-refractivity contribution is 14.1. The van der Waals surface area contributed by atoms with Crippen molar-refractivity contribution >= 4 is 22.9 Å². The van der Waals surface area contributed by atoms with Crippen LogP contribution in [0.5, 0.6) is 0 Å². The molecule has 16 atom stereocenters. The van der Waals surface area contributed by atoms with E-state index in [9.17, 15) is 0 Å². The van der Waals surface area contributed by atoms with Crippen LogP contribution >= 0.6 is 22.9 Å². The molecule has 16 unspecified atom stereocenters. The van der Waals surface area contributed by atoms with Crippen LogP contribution in [0.1, 0.15) is 103 Å². The van der Waals surface area contributed by atoms with Crippen LogP contribution in [0.25, 0.3) is 0 Å². The van der Waals surface area contributed by atoms with Crippen molar-refractivity contribution < 1.29 is 0 Å². The van der Waals surface area contributed by atoms with Crippen molar-refractivity contribution in [1.29, 1.82) is 0 Å². The quantitative estimate of drug-likeness (QED) is 0.155. The SMILES string of the molecule is IN1C2NC3NC(NC4NC(NC5NC(NC1C1CCCCC12)C1CCCCC51)C1CCCCC41)C1CCCCC31. The first-order valence-corrected chi connectivity index (χ1v) is 19.0. The van der Waals surface area contributed by atoms with Crippen LogP contribution in [-0.4, -0.2) is 52.4 Å². The highest BCUT2D eigenvalue weighted by Gasteiger charge is 2.56. The Morgan fingerprint density at radius 2 is 0.537 bits per heavy atom. The fourth-order valence-electron chi connectivity index (χ4n) is 12.1. The Kier molecular flexibility index (Phi) is 7.66. The fourth-order valence-corrected chi connectivity index (χ4v) is 13.2. The molecule has 5 aliphatic heterocycles. The molecule has 230 valence electrons. The molecule has 7 N–H and O–H groups in total. The Morgan fingerprint density at radius 1 is 0.317 bits per heavy atom. The van der Waals surface area contributed by atoms with Gasteiger partial charge in [-0.05, 0) is 98.7 Å². The molecule has 5 saturated heterocycles. The second-order valence-electron chi connectivity index (χ2n) is 15.7. The van der Waals surface area contributed by atoms with Gasteiger partial charge in [0.2, 0.25) is 0 Å². The maximum Gasteiger partial charge on any atom is 0.0749 e. The molecule has 41 heavy (non-hydrogen) atoms. The second-order valence-corrected chi connectivity index (χ2v) is 16.8. The summed E-state index contributed by atoms with van der Waals surface area (Å²) >= 11 is 2.73. The Balaban J connectivity index is 1.07. The number of rotatable bonds is 0. The van der Waals surface area contributed by atoms with E-state index in [0.29, 0.717) is 49.3 Å². The summed E-state index contributed by atoms with van der Waals surface area (Å²) in [6, 6.07) is 0. The third-order valence-corrected chi connectivity index (χ3v) is 15.1. The van der Waals surface area contributed by atoms with Gasteiger partial charge in [0.05, 0.1) is 49.3 Å². The molecule has 9 heteroatoms. The van der Waals surface area contributed by atoms with Gasteiger partial charge in [-0.1, -0.05) is 51.4 Å². The molecular formula is C32H55IN8. The van der Waals surface area contributed by atoms with Gasteiger partial charge < -0.3 is 0 Å². The lowest BCUT2D eigenvalue weighted by Crippen LogP contribution is -2.61. The zero-order valence-electron chi connectivity index (χ0n) is 24.9. The van der Waals surface area contributed by atoms with Crippen LogP contribution in [-0.2, 0) is 0 Å². The number of hydrogen-bond donors (Lipinski definition) is 7. The lowest BCUT2D eigenvalue weighted by Gasteiger charge is -2.35. The summed E-state index contributed by atoms with van der Waals surface area (Å²) in [5, 5.41) is 29.9. The van der Waals surface area contributed by atoms with E-state index < -0.39 is 0 Å². The molecule has 5 heterocycles. The molecule has 9 fully saturated rings. The van der Waals surface area contributed by atoms with Crippen LogP contribution in [0.15, 0.2) is 0 Å². The minimum atomic E-state index is 0.418. The first-order valence-electron chi connectivity index (χ1n) is 18.0. The van der Waals surface area contributed by atoms with E-state index in [2.05, 4.69) is 63.2 Å². The normalized spacial score (nSPS) is 57.0. The fraction of sp³-hybridized carbons (Fsp3) is 1.00. The highest BCUT2D eigenvalue weighted by Crippen LogP contribution is 2.48. The van der Waals surface area contributed by atoms with Gasteiger partial charge in [0.15, 0.2) is 0 Å². The molecule has 9 aliphatic rings. The third-order valence-electron chi connectivity index (χ3n) is 13.9. The number of halogens is 1. The summed E-state index contributed by atoms with van der Waals surface area (Å²) in [6.45, 7) is 0. The van der Waals surface area contributed by atoms with Crippen molar-refractivity contribution in [1.82, 2.24) is 40.3 Å². The summed E-state index contributed by atoms with van der Waals surface area (Å²) < 4.78 is 2.73. The first-order chi connectivity index (χ1) is 20.2. The van der Waals surface area contributed by atoms with Gasteiger partial charge in [-0.2, -0.15) is 0 Å². The molecule has 4 saturated carbocycles. The average molecular weight is 679 g/mol. The van der Waals surface area contributed by atoms with Crippen LogP contribution in [0, 0.1) is 47.3 Å². The van der Waals surface area contributed by atoms with Gasteiger partial charge in [0.1, 0.15) is 0 Å². The maximum absolute atomic E-state index is 4.34. The molecule has 0 aromatic heterocycles. The minimum Gasteiger partial charge on any atom is -0.286 e. The second kappa shape index (κ2) is 11.3. The zero-order valence-corrected chi connectivity index (χ0v) is 27.0. The van der Waals surface area contributed by atoms with Gasteiger partial charge in [-0.15, -0.1) is 0 Å². The topological polar surface area (TPSA) is 87.5 Å². The van der Waals surface area contributed by atoms with E-state index >= 15 is 0 Å². The number of nitrogens with one attached hydrogen (secondary N) is 7. The van der Waals surface area contributed by atoms with E-state index in [1.165, 1.54) is 103 Å². The summed E-state index contributed by atoms with van der Waals surface area (Å²) in [7, 11) is 0. The van der Waals surface area contributed by atoms with E-state index in [1.54, 1.807) is 0 Å². The maximum atomic E-state index is 4.34. The number of fused-ring (bicyclic) bond motifs is 20.